The maximum atomic E-state index is 12.7. The Labute approximate surface area is 167 Å². The van der Waals surface area contributed by atoms with E-state index in [0.717, 1.165) is 16.9 Å². The Morgan fingerprint density at radius 3 is 2.29 bits per heavy atom. The van der Waals surface area contributed by atoms with E-state index in [-0.39, 0.29) is 10.7 Å². The molecule has 0 radical (unpaired) electrons. The van der Waals surface area contributed by atoms with Gasteiger partial charge < -0.3 is 10.1 Å². The predicted molar refractivity (Wildman–Crippen MR) is 107 cm³/mol. The SMILES string of the molecule is CCCOC(=O)c1ccc(NC2=C(Cl)C(=O)N(c3ccc(C)cc3)C2=O)cc1. The van der Waals surface area contributed by atoms with Gasteiger partial charge in [-0.2, -0.15) is 0 Å². The molecule has 0 spiro atoms. The van der Waals surface area contributed by atoms with Crippen LogP contribution >= 0.6 is 11.6 Å². The number of aryl methyl sites for hydroxylation is 1. The van der Waals surface area contributed by atoms with Gasteiger partial charge in [0.15, 0.2) is 0 Å². The van der Waals surface area contributed by atoms with E-state index in [0.29, 0.717) is 23.5 Å². The highest BCUT2D eigenvalue weighted by atomic mass is 35.5. The van der Waals surface area contributed by atoms with Crippen LogP contribution in [0.5, 0.6) is 0 Å². The zero-order chi connectivity index (χ0) is 20.3. The Hall–Kier alpha value is -3.12. The van der Waals surface area contributed by atoms with Crippen LogP contribution in [0.2, 0.25) is 0 Å². The molecule has 7 heteroatoms. The van der Waals surface area contributed by atoms with E-state index in [1.165, 1.54) is 0 Å². The first-order valence-electron chi connectivity index (χ1n) is 8.81. The number of carbonyl (C=O) groups is 3. The summed E-state index contributed by atoms with van der Waals surface area (Å²) in [6.45, 7) is 4.18. The Balaban J connectivity index is 1.76. The summed E-state index contributed by atoms with van der Waals surface area (Å²) in [7, 11) is 0. The number of hydrogen-bond donors (Lipinski definition) is 1. The summed E-state index contributed by atoms with van der Waals surface area (Å²) >= 11 is 6.12. The van der Waals surface area contributed by atoms with Crippen molar-refractivity contribution in [3.8, 4) is 0 Å². The lowest BCUT2D eigenvalue weighted by atomic mass is 10.2. The molecule has 3 rings (SSSR count). The third-order valence-electron chi connectivity index (χ3n) is 4.15. The molecule has 2 aromatic rings. The lowest BCUT2D eigenvalue weighted by Gasteiger charge is -2.15. The maximum Gasteiger partial charge on any atom is 0.338 e. The number of rotatable bonds is 6. The fourth-order valence-electron chi connectivity index (χ4n) is 2.65. The number of anilines is 2. The van der Waals surface area contributed by atoms with Crippen molar-refractivity contribution in [1.29, 1.82) is 0 Å². The average molecular weight is 399 g/mol. The third-order valence-corrected chi connectivity index (χ3v) is 4.50. The summed E-state index contributed by atoms with van der Waals surface area (Å²) in [6.07, 6.45) is 0.742. The van der Waals surface area contributed by atoms with Crippen LogP contribution in [0.4, 0.5) is 11.4 Å². The number of benzene rings is 2. The molecule has 0 atom stereocenters. The molecule has 0 aliphatic carbocycles. The number of amides is 2. The van der Waals surface area contributed by atoms with Gasteiger partial charge in [-0.15, -0.1) is 0 Å². The van der Waals surface area contributed by atoms with Gasteiger partial charge in [-0.05, 0) is 49.7 Å². The number of halogens is 1. The van der Waals surface area contributed by atoms with Gasteiger partial charge in [0.2, 0.25) is 0 Å². The minimum Gasteiger partial charge on any atom is -0.462 e. The van der Waals surface area contributed by atoms with Gasteiger partial charge >= 0.3 is 5.97 Å². The predicted octanol–water partition coefficient (Wildman–Crippen LogP) is 4.00. The van der Waals surface area contributed by atoms with Crippen LogP contribution in [0.3, 0.4) is 0 Å². The molecule has 1 aliphatic rings. The van der Waals surface area contributed by atoms with Gasteiger partial charge in [0.25, 0.3) is 11.8 Å². The Morgan fingerprint density at radius 1 is 1.04 bits per heavy atom. The Morgan fingerprint density at radius 2 is 1.68 bits per heavy atom. The fraction of sp³-hybridized carbons (Fsp3) is 0.190. The summed E-state index contributed by atoms with van der Waals surface area (Å²) in [6, 6.07) is 13.4. The second-order valence-electron chi connectivity index (χ2n) is 6.31. The second kappa shape index (κ2) is 8.27. The van der Waals surface area contributed by atoms with Gasteiger partial charge in [-0.3, -0.25) is 9.59 Å². The summed E-state index contributed by atoms with van der Waals surface area (Å²) in [4.78, 5) is 38.1. The molecule has 0 unspecified atom stereocenters. The fourth-order valence-corrected chi connectivity index (χ4v) is 2.86. The lowest BCUT2D eigenvalue weighted by Crippen LogP contribution is -2.32. The molecule has 0 saturated heterocycles. The Bertz CT molecular complexity index is 949. The molecule has 2 aromatic carbocycles. The van der Waals surface area contributed by atoms with E-state index < -0.39 is 17.8 Å². The normalized spacial score (nSPS) is 13.9. The van der Waals surface area contributed by atoms with Gasteiger partial charge in [0, 0.05) is 5.69 Å². The van der Waals surface area contributed by atoms with E-state index in [1.54, 1.807) is 36.4 Å². The van der Waals surface area contributed by atoms with Crippen LogP contribution in [0.1, 0.15) is 29.3 Å². The minimum atomic E-state index is -0.585. The van der Waals surface area contributed by atoms with Crippen LogP contribution < -0.4 is 10.2 Å². The summed E-state index contributed by atoms with van der Waals surface area (Å²) < 4.78 is 5.07. The largest absolute Gasteiger partial charge is 0.462 e. The van der Waals surface area contributed by atoms with Gasteiger partial charge in [0.05, 0.1) is 17.9 Å². The van der Waals surface area contributed by atoms with Crippen LogP contribution in [0.25, 0.3) is 0 Å². The number of nitrogens with one attached hydrogen (secondary N) is 1. The van der Waals surface area contributed by atoms with E-state index in [9.17, 15) is 14.4 Å². The molecule has 0 bridgehead atoms. The van der Waals surface area contributed by atoms with Crippen molar-refractivity contribution in [3.05, 3.63) is 70.4 Å². The number of ether oxygens (including phenoxy) is 1. The smallest absolute Gasteiger partial charge is 0.338 e. The molecule has 0 fully saturated rings. The highest BCUT2D eigenvalue weighted by Gasteiger charge is 2.38. The molecule has 2 amide bonds. The molecule has 6 nitrogen and oxygen atoms in total. The number of carbonyl (C=O) groups excluding carboxylic acids is 3. The first-order valence-corrected chi connectivity index (χ1v) is 9.19. The second-order valence-corrected chi connectivity index (χ2v) is 6.69. The molecule has 1 aliphatic heterocycles. The summed E-state index contributed by atoms with van der Waals surface area (Å²) in [5.41, 5.74) is 2.37. The van der Waals surface area contributed by atoms with Crippen molar-refractivity contribution in [2.75, 3.05) is 16.8 Å². The van der Waals surface area contributed by atoms with E-state index in [4.69, 9.17) is 16.3 Å². The molecular weight excluding hydrogens is 380 g/mol. The van der Waals surface area contributed by atoms with Crippen LogP contribution in [0.15, 0.2) is 59.3 Å². The topological polar surface area (TPSA) is 75.7 Å². The van der Waals surface area contributed by atoms with Crippen LogP contribution in [-0.4, -0.2) is 24.4 Å². The molecular formula is C21H19ClN2O4. The zero-order valence-corrected chi connectivity index (χ0v) is 16.2. The van der Waals surface area contributed by atoms with E-state index in [1.807, 2.05) is 26.0 Å². The highest BCUT2D eigenvalue weighted by Crippen LogP contribution is 2.30. The first-order chi connectivity index (χ1) is 13.4. The molecule has 144 valence electrons. The molecule has 0 aromatic heterocycles. The van der Waals surface area contributed by atoms with Crippen molar-refractivity contribution in [1.82, 2.24) is 0 Å². The van der Waals surface area contributed by atoms with E-state index in [2.05, 4.69) is 5.32 Å². The minimum absolute atomic E-state index is 0.00597. The van der Waals surface area contributed by atoms with Gasteiger partial charge in [-0.25, -0.2) is 9.69 Å². The number of hydrogen-bond acceptors (Lipinski definition) is 5. The quantitative estimate of drug-likeness (QED) is 0.588. The van der Waals surface area contributed by atoms with Crippen molar-refractivity contribution in [2.45, 2.75) is 20.3 Å². The molecule has 28 heavy (non-hydrogen) atoms. The van der Waals surface area contributed by atoms with Crippen molar-refractivity contribution in [2.24, 2.45) is 0 Å². The summed E-state index contributed by atoms with van der Waals surface area (Å²) in [5, 5.41) is 2.69. The average Bonchev–Trinajstić information content (AvgIpc) is 2.91. The highest BCUT2D eigenvalue weighted by molar-refractivity contribution is 6.53. The standard InChI is InChI=1S/C21H19ClN2O4/c1-3-12-28-21(27)14-6-8-15(9-7-14)23-18-17(22)19(25)24(20(18)26)16-10-4-13(2)5-11-16/h4-11,23H,3,12H2,1-2H3. The van der Waals surface area contributed by atoms with Gasteiger partial charge in [-0.1, -0.05) is 36.2 Å². The van der Waals surface area contributed by atoms with Crippen molar-refractivity contribution < 1.29 is 19.1 Å². The molecule has 0 saturated carbocycles. The van der Waals surface area contributed by atoms with Gasteiger partial charge in [0.1, 0.15) is 10.7 Å². The molecule has 1 heterocycles. The number of esters is 1. The van der Waals surface area contributed by atoms with Crippen molar-refractivity contribution in [3.63, 3.8) is 0 Å². The lowest BCUT2D eigenvalue weighted by molar-refractivity contribution is -0.120. The van der Waals surface area contributed by atoms with E-state index >= 15 is 0 Å². The first kappa shape index (κ1) is 19.6. The zero-order valence-electron chi connectivity index (χ0n) is 15.5. The van der Waals surface area contributed by atoms with Crippen molar-refractivity contribution >= 4 is 40.8 Å². The monoisotopic (exact) mass is 398 g/mol. The third kappa shape index (κ3) is 3.92. The van der Waals surface area contributed by atoms with Crippen LogP contribution in [-0.2, 0) is 14.3 Å². The molecule has 1 N–H and O–H groups in total. The maximum absolute atomic E-state index is 12.7. The summed E-state index contributed by atoms with van der Waals surface area (Å²) in [5.74, 6) is -1.54. The Kier molecular flexibility index (Phi) is 5.80. The number of nitrogens with zero attached hydrogens (tertiary/aromatic N) is 1. The van der Waals surface area contributed by atoms with Crippen LogP contribution in [0, 0.1) is 6.92 Å². The number of imide groups is 1.